The highest BCUT2D eigenvalue weighted by Gasteiger charge is 2.53. The number of hydrogen-bond acceptors (Lipinski definition) is 6. The Morgan fingerprint density at radius 3 is 0.745 bits per heavy atom. The molecule has 0 amide bonds. The average molecular weight is 1300 g/mol. The predicted molar refractivity (Wildman–Crippen MR) is 411 cm³/mol. The molecule has 472 valence electrons. The van der Waals surface area contributed by atoms with Crippen LogP contribution in [0.15, 0.2) is 349 Å². The largest absolute Gasteiger partial charge is 0.436 e. The third-order valence-electron chi connectivity index (χ3n) is 22.3. The molecule has 3 heterocycles. The van der Waals surface area contributed by atoms with Crippen molar-refractivity contribution in [1.82, 2.24) is 19.9 Å². The summed E-state index contributed by atoms with van der Waals surface area (Å²) >= 11 is 0. The van der Waals surface area contributed by atoms with Gasteiger partial charge in [0.2, 0.25) is 11.8 Å². The first-order valence-electron chi connectivity index (χ1n) is 34.9. The maximum Gasteiger partial charge on any atom is 0.227 e. The van der Waals surface area contributed by atoms with Crippen LogP contribution in [0.1, 0.15) is 44.5 Å². The minimum absolute atomic E-state index is 0.545. The van der Waals surface area contributed by atoms with Crippen molar-refractivity contribution in [3.8, 4) is 134 Å². The highest BCUT2D eigenvalue weighted by Crippen LogP contribution is 2.65. The second-order valence-corrected chi connectivity index (χ2v) is 27.4. The molecule has 0 saturated carbocycles. The Morgan fingerprint density at radius 2 is 0.431 bits per heavy atom. The summed E-state index contributed by atoms with van der Waals surface area (Å²) in [5.74, 6) is 1.19. The van der Waals surface area contributed by atoms with Crippen molar-refractivity contribution in [3.05, 3.63) is 384 Å². The van der Waals surface area contributed by atoms with Crippen molar-refractivity contribution in [2.45, 2.75) is 10.8 Å². The van der Waals surface area contributed by atoms with Crippen LogP contribution >= 0.6 is 0 Å². The zero-order chi connectivity index (χ0) is 66.8. The molecule has 0 bridgehead atoms. The van der Waals surface area contributed by atoms with Gasteiger partial charge in [0.05, 0.1) is 33.3 Å². The number of benzene rings is 15. The zero-order valence-corrected chi connectivity index (χ0v) is 54.9. The van der Waals surface area contributed by atoms with E-state index in [1.54, 1.807) is 0 Å². The second-order valence-electron chi connectivity index (χ2n) is 27.4. The SMILES string of the molecule is c1ccc2c(c1)-c1ccccc1C21c2ccccc2-c2ccc(-c3ccc(-c4ccc5c(c4)C4(c6ccccc6-c6ccccc64)c4ccccc4-5)c4nc(-c5ccc(-c6ccc(-c7nc8ccccc8o7)cc6)cc5)c(-c5ccc(-c6ccc(-c7nc8ccccc8o7)cc6)cc5)nc34)cc21. The van der Waals surface area contributed by atoms with Crippen LogP contribution < -0.4 is 0 Å². The van der Waals surface area contributed by atoms with Gasteiger partial charge in [-0.25, -0.2) is 19.9 Å². The van der Waals surface area contributed by atoms with Gasteiger partial charge in [-0.1, -0.05) is 279 Å². The zero-order valence-electron chi connectivity index (χ0n) is 54.9. The van der Waals surface area contributed by atoms with Crippen LogP contribution in [-0.2, 0) is 10.8 Å². The molecule has 0 aliphatic heterocycles. The number of para-hydroxylation sites is 4. The Kier molecular flexibility index (Phi) is 11.9. The lowest BCUT2D eigenvalue weighted by atomic mass is 9.70. The number of oxazole rings is 2. The first-order chi connectivity index (χ1) is 50.5. The lowest BCUT2D eigenvalue weighted by molar-refractivity contribution is 0.619. The Bertz CT molecular complexity index is 5970. The Hall–Kier alpha value is -13.4. The van der Waals surface area contributed by atoms with E-state index in [2.05, 4.69) is 291 Å². The van der Waals surface area contributed by atoms with E-state index in [-0.39, 0.29) is 0 Å². The molecule has 15 aromatic carbocycles. The van der Waals surface area contributed by atoms with Gasteiger partial charge in [-0.2, -0.15) is 0 Å². The van der Waals surface area contributed by atoms with Gasteiger partial charge in [0.25, 0.3) is 0 Å². The second kappa shape index (κ2) is 21.5. The summed E-state index contributed by atoms with van der Waals surface area (Å²) in [7, 11) is 0. The van der Waals surface area contributed by atoms with E-state index in [0.29, 0.717) is 11.8 Å². The standard InChI is InChI=1S/C96H56N4O2/c1-7-23-77-69(17-1)70-18-2-8-24-78(70)95(77)81-27-11-5-21-73(81)75-51-49-65(55-83(75)95)67-53-54-68(66-50-52-76-74-22-6-12-28-82(74)96(84(76)56-66)79-25-9-3-19-71(79)72-20-4-10-26-80(72)96)92-91(67)99-89(61-41-33-57(34-42-61)59-37-45-63(46-38-59)93-97-85-29-13-15-31-87(85)101-93)90(100-92)62-43-35-58(36-44-62)60-39-47-64(48-40-60)94-98-86-30-14-16-32-88(86)102-94/h1-56H. The molecule has 6 nitrogen and oxygen atoms in total. The predicted octanol–water partition coefficient (Wildman–Crippen LogP) is 23.9. The Morgan fingerprint density at radius 1 is 0.186 bits per heavy atom. The van der Waals surface area contributed by atoms with E-state index in [1.807, 2.05) is 48.5 Å². The lowest BCUT2D eigenvalue weighted by Gasteiger charge is -2.31. The molecule has 6 heteroatoms. The molecule has 0 unspecified atom stereocenters. The van der Waals surface area contributed by atoms with Gasteiger partial charge in [-0.3, -0.25) is 0 Å². The molecule has 4 aliphatic carbocycles. The van der Waals surface area contributed by atoms with Crippen LogP contribution in [0.3, 0.4) is 0 Å². The molecule has 18 aromatic rings. The fraction of sp³-hybridized carbons (Fsp3) is 0.0208. The fourth-order valence-corrected chi connectivity index (χ4v) is 17.8. The quantitative estimate of drug-likeness (QED) is 0.151. The van der Waals surface area contributed by atoms with Gasteiger partial charge in [0.1, 0.15) is 11.0 Å². The van der Waals surface area contributed by atoms with Crippen LogP contribution in [0.25, 0.3) is 168 Å². The van der Waals surface area contributed by atoms with Crippen molar-refractivity contribution < 1.29 is 8.83 Å². The number of aromatic nitrogens is 4. The molecule has 2 spiro atoms. The topological polar surface area (TPSA) is 77.8 Å². The maximum atomic E-state index is 6.19. The monoisotopic (exact) mass is 1300 g/mol. The number of rotatable bonds is 8. The molecule has 0 atom stereocenters. The highest BCUT2D eigenvalue weighted by atomic mass is 16.4. The fourth-order valence-electron chi connectivity index (χ4n) is 17.8. The van der Waals surface area contributed by atoms with Crippen LogP contribution in [0.5, 0.6) is 0 Å². The maximum absolute atomic E-state index is 6.19. The number of fused-ring (bicyclic) bond motifs is 23. The van der Waals surface area contributed by atoms with Crippen molar-refractivity contribution in [3.63, 3.8) is 0 Å². The molecule has 0 fully saturated rings. The molecule has 3 aromatic heterocycles. The first-order valence-corrected chi connectivity index (χ1v) is 34.9. The average Bonchev–Trinajstić information content (AvgIpc) is 1.52. The summed E-state index contributed by atoms with van der Waals surface area (Å²) in [6.07, 6.45) is 0. The molecule has 0 saturated heterocycles. The highest BCUT2D eigenvalue weighted by molar-refractivity contribution is 6.06. The summed E-state index contributed by atoms with van der Waals surface area (Å²) in [4.78, 5) is 21.8. The third kappa shape index (κ3) is 8.00. The van der Waals surface area contributed by atoms with Crippen molar-refractivity contribution in [2.24, 2.45) is 0 Å². The van der Waals surface area contributed by atoms with E-state index in [4.69, 9.17) is 28.8 Å². The van der Waals surface area contributed by atoms with Gasteiger partial charge in [-0.05, 0) is 183 Å². The smallest absolute Gasteiger partial charge is 0.227 e. The number of hydrogen-bond donors (Lipinski definition) is 0. The van der Waals surface area contributed by atoms with Gasteiger partial charge in [0.15, 0.2) is 11.2 Å². The molecule has 0 radical (unpaired) electrons. The molecular weight excluding hydrogens is 1240 g/mol. The molecule has 4 aliphatic rings. The summed E-state index contributed by atoms with van der Waals surface area (Å²) in [6, 6.07) is 124. The summed E-state index contributed by atoms with van der Waals surface area (Å²) in [6.45, 7) is 0. The molecule has 0 N–H and O–H groups in total. The van der Waals surface area contributed by atoms with Gasteiger partial charge in [0, 0.05) is 33.4 Å². The van der Waals surface area contributed by atoms with Crippen LogP contribution in [0.2, 0.25) is 0 Å². The summed E-state index contributed by atoms with van der Waals surface area (Å²) in [5, 5.41) is 0. The van der Waals surface area contributed by atoms with Crippen molar-refractivity contribution in [2.75, 3.05) is 0 Å². The summed E-state index contributed by atoms with van der Waals surface area (Å²) in [5.41, 5.74) is 37.9. The van der Waals surface area contributed by atoms with E-state index >= 15 is 0 Å². The Balaban J connectivity index is 0.758. The third-order valence-corrected chi connectivity index (χ3v) is 22.3. The minimum Gasteiger partial charge on any atom is -0.436 e. The normalized spacial score (nSPS) is 13.5. The van der Waals surface area contributed by atoms with Crippen LogP contribution in [0.4, 0.5) is 0 Å². The van der Waals surface area contributed by atoms with Crippen molar-refractivity contribution >= 4 is 33.2 Å². The molecule has 22 rings (SSSR count). The molecule has 102 heavy (non-hydrogen) atoms. The minimum atomic E-state index is -0.545. The van der Waals surface area contributed by atoms with Gasteiger partial charge < -0.3 is 8.83 Å². The van der Waals surface area contributed by atoms with Gasteiger partial charge in [-0.15, -0.1) is 0 Å². The molecular formula is C96H56N4O2. The van der Waals surface area contributed by atoms with Gasteiger partial charge >= 0.3 is 0 Å². The van der Waals surface area contributed by atoms with Crippen LogP contribution in [-0.4, -0.2) is 19.9 Å². The van der Waals surface area contributed by atoms with Crippen LogP contribution in [0, 0.1) is 0 Å². The van der Waals surface area contributed by atoms with E-state index < -0.39 is 10.8 Å². The van der Waals surface area contributed by atoms with E-state index in [9.17, 15) is 0 Å². The summed E-state index contributed by atoms with van der Waals surface area (Å²) < 4.78 is 12.4. The van der Waals surface area contributed by atoms with E-state index in [1.165, 1.54) is 89.0 Å². The number of nitrogens with zero attached hydrogens (tertiary/aromatic N) is 4. The Labute approximate surface area is 587 Å². The van der Waals surface area contributed by atoms with Crippen molar-refractivity contribution in [1.29, 1.82) is 0 Å². The first kappa shape index (κ1) is 56.6. The van der Waals surface area contributed by atoms with E-state index in [0.717, 1.165) is 111 Å². The lowest BCUT2D eigenvalue weighted by Crippen LogP contribution is -2.25.